The number of fused-ring (bicyclic) bond motifs is 2. The zero-order valence-corrected chi connectivity index (χ0v) is 19.6. The normalized spacial score (nSPS) is 17.4. The van der Waals surface area contributed by atoms with Crippen LogP contribution in [0.1, 0.15) is 38.1 Å². The van der Waals surface area contributed by atoms with Crippen molar-refractivity contribution < 1.29 is 19.3 Å². The molecule has 1 unspecified atom stereocenters. The van der Waals surface area contributed by atoms with Gasteiger partial charge in [-0.15, -0.1) is 0 Å². The van der Waals surface area contributed by atoms with Crippen LogP contribution in [0.2, 0.25) is 0 Å². The summed E-state index contributed by atoms with van der Waals surface area (Å²) in [4.78, 5) is 35.2. The molecule has 0 radical (unpaired) electrons. The molecule has 2 aromatic carbocycles. The van der Waals surface area contributed by atoms with Crippen LogP contribution in [0.4, 0.5) is 11.4 Å². The number of aromatic nitrogens is 2. The summed E-state index contributed by atoms with van der Waals surface area (Å²) >= 11 is 0. The maximum Gasteiger partial charge on any atom is 0.213 e. The van der Waals surface area contributed by atoms with Crippen LogP contribution in [0, 0.1) is 0 Å². The Morgan fingerprint density at radius 1 is 0.806 bits per heavy atom. The van der Waals surface area contributed by atoms with E-state index >= 15 is 0 Å². The maximum atomic E-state index is 13.9. The van der Waals surface area contributed by atoms with Gasteiger partial charge in [-0.05, 0) is 42.0 Å². The molecule has 0 aliphatic carbocycles. The zero-order valence-electron chi connectivity index (χ0n) is 19.6. The Morgan fingerprint density at radius 3 is 2.08 bits per heavy atom. The SMILES string of the molecule is C[n+]1ccc(CN2/C(=C3\C(=O)c4ccccc4N3C(O)c3ccncc3)C(=O)c3ccccc32)cc1. The molecule has 0 bridgehead atoms. The minimum absolute atomic E-state index is 0.170. The highest BCUT2D eigenvalue weighted by Gasteiger charge is 2.44. The number of benzene rings is 2. The molecular weight excluding hydrogens is 452 g/mol. The molecule has 4 aromatic rings. The van der Waals surface area contributed by atoms with Crippen LogP contribution in [0.3, 0.4) is 0 Å². The van der Waals surface area contributed by atoms with Crippen LogP contribution in [-0.4, -0.2) is 21.7 Å². The summed E-state index contributed by atoms with van der Waals surface area (Å²) in [6.07, 6.45) is 5.89. The van der Waals surface area contributed by atoms with E-state index in [0.29, 0.717) is 28.9 Å². The van der Waals surface area contributed by atoms with Gasteiger partial charge in [0.25, 0.3) is 0 Å². The number of aliphatic hydroxyl groups excluding tert-OH is 1. The smallest absolute Gasteiger partial charge is 0.213 e. The number of hydrogen-bond acceptors (Lipinski definition) is 6. The first-order valence-corrected chi connectivity index (χ1v) is 11.7. The predicted octanol–water partition coefficient (Wildman–Crippen LogP) is 3.71. The molecule has 176 valence electrons. The summed E-state index contributed by atoms with van der Waals surface area (Å²) in [7, 11) is 1.94. The minimum Gasteiger partial charge on any atom is -0.369 e. The third-order valence-corrected chi connectivity index (χ3v) is 6.65. The number of aryl methyl sites for hydroxylation is 1. The number of rotatable bonds is 4. The summed E-state index contributed by atoms with van der Waals surface area (Å²) < 4.78 is 1.94. The fourth-order valence-corrected chi connectivity index (χ4v) is 4.88. The van der Waals surface area contributed by atoms with Crippen molar-refractivity contribution in [2.45, 2.75) is 12.8 Å². The lowest BCUT2D eigenvalue weighted by Crippen LogP contribution is -2.33. The number of carbonyl (C=O) groups excluding carboxylic acids is 2. The molecule has 7 nitrogen and oxygen atoms in total. The molecule has 0 saturated heterocycles. The van der Waals surface area contributed by atoms with Crippen molar-refractivity contribution in [3.63, 3.8) is 0 Å². The molecule has 7 heteroatoms. The minimum atomic E-state index is -1.18. The molecule has 0 spiro atoms. The Morgan fingerprint density at radius 2 is 1.39 bits per heavy atom. The second-order valence-corrected chi connectivity index (χ2v) is 8.87. The van der Waals surface area contributed by atoms with Gasteiger partial charge in [-0.3, -0.25) is 14.6 Å². The van der Waals surface area contributed by atoms with E-state index in [1.807, 2.05) is 65.3 Å². The number of ketones is 2. The third-order valence-electron chi connectivity index (χ3n) is 6.65. The monoisotopic (exact) mass is 475 g/mol. The van der Waals surface area contributed by atoms with Crippen molar-refractivity contribution >= 4 is 22.9 Å². The Hall–Kier alpha value is -4.62. The van der Waals surface area contributed by atoms with Crippen LogP contribution in [-0.2, 0) is 13.6 Å². The number of hydrogen-bond donors (Lipinski definition) is 1. The Labute approximate surface area is 208 Å². The standard InChI is InChI=1S/C29H23N4O3/c1-31-16-12-19(13-17-31)18-32-23-8-4-2-6-21(23)27(34)25(32)26-28(35)22-7-3-5-9-24(22)33(26)29(36)20-10-14-30-15-11-20/h2-17,29,36H,18H2,1H3/q+1/b26-25+. The quantitative estimate of drug-likeness (QED) is 0.358. The molecule has 0 saturated carbocycles. The van der Waals surface area contributed by atoms with E-state index in [4.69, 9.17) is 0 Å². The van der Waals surface area contributed by atoms with Gasteiger partial charge in [-0.25, -0.2) is 4.57 Å². The Balaban J connectivity index is 1.57. The van der Waals surface area contributed by atoms with E-state index in [9.17, 15) is 14.7 Å². The van der Waals surface area contributed by atoms with Crippen LogP contribution in [0.15, 0.2) is 109 Å². The summed E-state index contributed by atoms with van der Waals surface area (Å²) in [6.45, 7) is 0.394. The number of nitrogens with zero attached hydrogens (tertiary/aromatic N) is 4. The highest BCUT2D eigenvalue weighted by atomic mass is 16.3. The van der Waals surface area contributed by atoms with Crippen molar-refractivity contribution in [2.75, 3.05) is 9.80 Å². The average Bonchev–Trinajstić information content (AvgIpc) is 3.36. The van der Waals surface area contributed by atoms with E-state index in [0.717, 1.165) is 11.3 Å². The highest BCUT2D eigenvalue weighted by Crippen LogP contribution is 2.45. The van der Waals surface area contributed by atoms with Gasteiger partial charge >= 0.3 is 0 Å². The maximum absolute atomic E-state index is 13.9. The molecule has 1 N–H and O–H groups in total. The third kappa shape index (κ3) is 3.40. The van der Waals surface area contributed by atoms with E-state index in [-0.39, 0.29) is 23.0 Å². The first-order chi connectivity index (χ1) is 17.5. The molecule has 0 fully saturated rings. The number of anilines is 2. The molecule has 2 aliphatic rings. The molecular formula is C29H23N4O3+. The van der Waals surface area contributed by atoms with Gasteiger partial charge in [-0.2, -0.15) is 0 Å². The van der Waals surface area contributed by atoms with Crippen LogP contribution < -0.4 is 14.4 Å². The lowest BCUT2D eigenvalue weighted by Gasteiger charge is -2.30. The summed E-state index contributed by atoms with van der Waals surface area (Å²) in [5.41, 5.74) is 4.26. The molecule has 6 rings (SSSR count). The van der Waals surface area contributed by atoms with Crippen molar-refractivity contribution in [3.05, 3.63) is 131 Å². The van der Waals surface area contributed by atoms with Gasteiger partial charge in [-0.1, -0.05) is 24.3 Å². The largest absolute Gasteiger partial charge is 0.369 e. The summed E-state index contributed by atoms with van der Waals surface area (Å²) in [6, 6.07) is 21.9. The summed E-state index contributed by atoms with van der Waals surface area (Å²) in [5, 5.41) is 11.5. The van der Waals surface area contributed by atoms with E-state index in [2.05, 4.69) is 4.98 Å². The molecule has 4 heterocycles. The lowest BCUT2D eigenvalue weighted by molar-refractivity contribution is -0.671. The number of Topliss-reactive ketones (excluding diaryl/α,β-unsaturated/α-hetero) is 2. The van der Waals surface area contributed by atoms with Crippen molar-refractivity contribution in [1.29, 1.82) is 0 Å². The Kier molecular flexibility index (Phi) is 5.20. The van der Waals surface area contributed by atoms with Crippen LogP contribution in [0.5, 0.6) is 0 Å². The molecule has 36 heavy (non-hydrogen) atoms. The van der Waals surface area contributed by atoms with Crippen molar-refractivity contribution in [3.8, 4) is 0 Å². The molecule has 2 aliphatic heterocycles. The summed E-state index contributed by atoms with van der Waals surface area (Å²) in [5.74, 6) is -0.533. The van der Waals surface area contributed by atoms with Gasteiger partial charge in [0, 0.05) is 47.8 Å². The fourth-order valence-electron chi connectivity index (χ4n) is 4.88. The lowest BCUT2D eigenvalue weighted by atomic mass is 10.1. The molecule has 0 amide bonds. The van der Waals surface area contributed by atoms with Crippen molar-refractivity contribution in [2.24, 2.45) is 7.05 Å². The fraction of sp³-hybridized carbons (Fsp3) is 0.103. The van der Waals surface area contributed by atoms with E-state index in [1.54, 1.807) is 53.7 Å². The first kappa shape index (κ1) is 21.9. The van der Waals surface area contributed by atoms with Gasteiger partial charge in [0.05, 0.1) is 11.4 Å². The van der Waals surface area contributed by atoms with Crippen LogP contribution in [0.25, 0.3) is 0 Å². The number of aliphatic hydroxyl groups is 1. The second kappa shape index (κ2) is 8.55. The van der Waals surface area contributed by atoms with E-state index in [1.165, 1.54) is 0 Å². The molecule has 2 aromatic heterocycles. The number of carbonyl (C=O) groups is 2. The van der Waals surface area contributed by atoms with Crippen LogP contribution >= 0.6 is 0 Å². The topological polar surface area (TPSA) is 77.6 Å². The highest BCUT2D eigenvalue weighted by molar-refractivity contribution is 6.28. The van der Waals surface area contributed by atoms with Gasteiger partial charge < -0.3 is 14.9 Å². The van der Waals surface area contributed by atoms with Gasteiger partial charge in [0.1, 0.15) is 18.4 Å². The van der Waals surface area contributed by atoms with Gasteiger partial charge in [0.15, 0.2) is 18.6 Å². The average molecular weight is 476 g/mol. The number of allylic oxidation sites excluding steroid dienone is 2. The molecule has 1 atom stereocenters. The zero-order chi connectivity index (χ0) is 24.8. The van der Waals surface area contributed by atoms with Crippen molar-refractivity contribution in [1.82, 2.24) is 4.98 Å². The number of pyridine rings is 2. The van der Waals surface area contributed by atoms with E-state index < -0.39 is 6.23 Å². The number of para-hydroxylation sites is 2. The Bertz CT molecular complexity index is 1530. The first-order valence-electron chi connectivity index (χ1n) is 11.7. The predicted molar refractivity (Wildman–Crippen MR) is 134 cm³/mol. The van der Waals surface area contributed by atoms with Gasteiger partial charge in [0.2, 0.25) is 11.6 Å². The second-order valence-electron chi connectivity index (χ2n) is 8.87.